The average Bonchev–Trinajstić information content (AvgIpc) is 2.63. The summed E-state index contributed by atoms with van der Waals surface area (Å²) in [6.07, 6.45) is -6.80. The Morgan fingerprint density at radius 3 is 2.16 bits per heavy atom. The van der Waals surface area contributed by atoms with E-state index in [0.717, 1.165) is 18.1 Å². The maximum atomic E-state index is 13.3. The molecule has 12 heteroatoms. The SMILES string of the molecule is C/C(=C\C(=O)C(F)(F)C(F)(F)C(F)(F)F)NNC(=O)COc1cc(C)ccc1C(C)C. The van der Waals surface area contributed by atoms with Gasteiger partial charge in [0, 0.05) is 11.8 Å². The van der Waals surface area contributed by atoms with Gasteiger partial charge in [-0.3, -0.25) is 15.0 Å². The summed E-state index contributed by atoms with van der Waals surface area (Å²) in [5.41, 5.74) is 5.00. The lowest BCUT2D eigenvalue weighted by molar-refractivity contribution is -0.342. The van der Waals surface area contributed by atoms with Crippen molar-refractivity contribution in [2.75, 3.05) is 6.61 Å². The van der Waals surface area contributed by atoms with Crippen molar-refractivity contribution >= 4 is 11.7 Å². The Labute approximate surface area is 173 Å². The number of hydrogen-bond acceptors (Lipinski definition) is 4. The van der Waals surface area contributed by atoms with Gasteiger partial charge in [-0.25, -0.2) is 0 Å². The molecule has 0 aliphatic rings. The van der Waals surface area contributed by atoms with Gasteiger partial charge < -0.3 is 10.2 Å². The molecule has 174 valence electrons. The number of hydrazine groups is 1. The van der Waals surface area contributed by atoms with Crippen LogP contribution in [0.1, 0.15) is 37.8 Å². The molecule has 31 heavy (non-hydrogen) atoms. The highest BCUT2D eigenvalue weighted by Gasteiger charge is 2.75. The summed E-state index contributed by atoms with van der Waals surface area (Å²) in [6, 6.07) is 5.37. The molecule has 0 saturated carbocycles. The van der Waals surface area contributed by atoms with Crippen molar-refractivity contribution in [3.05, 3.63) is 41.1 Å². The van der Waals surface area contributed by atoms with Crippen LogP contribution in [-0.4, -0.2) is 36.3 Å². The topological polar surface area (TPSA) is 67.4 Å². The number of halogens is 7. The van der Waals surface area contributed by atoms with Gasteiger partial charge in [0.1, 0.15) is 5.75 Å². The molecular weight excluding hydrogens is 437 g/mol. The number of rotatable bonds is 9. The molecule has 0 spiro atoms. The fraction of sp³-hybridized carbons (Fsp3) is 0.474. The number of benzene rings is 1. The molecule has 0 bridgehead atoms. The number of ketones is 1. The first-order valence-corrected chi connectivity index (χ1v) is 8.84. The Balaban J connectivity index is 2.73. The number of allylic oxidation sites excluding steroid dienone is 2. The van der Waals surface area contributed by atoms with Crippen molar-refractivity contribution in [3.63, 3.8) is 0 Å². The van der Waals surface area contributed by atoms with Crippen LogP contribution < -0.4 is 15.6 Å². The van der Waals surface area contributed by atoms with Gasteiger partial charge in [-0.15, -0.1) is 0 Å². The second kappa shape index (κ2) is 9.56. The van der Waals surface area contributed by atoms with Crippen LogP contribution in [0.15, 0.2) is 30.0 Å². The van der Waals surface area contributed by atoms with Gasteiger partial charge in [-0.1, -0.05) is 26.0 Å². The maximum absolute atomic E-state index is 13.3. The average molecular weight is 458 g/mol. The molecule has 5 nitrogen and oxygen atoms in total. The number of nitrogens with one attached hydrogen (secondary N) is 2. The Morgan fingerprint density at radius 1 is 1.06 bits per heavy atom. The Kier molecular flexibility index (Phi) is 8.10. The zero-order chi connectivity index (χ0) is 24.2. The van der Waals surface area contributed by atoms with Crippen LogP contribution in [0.3, 0.4) is 0 Å². The van der Waals surface area contributed by atoms with Crippen molar-refractivity contribution < 1.29 is 45.1 Å². The van der Waals surface area contributed by atoms with E-state index < -0.39 is 42.0 Å². The molecular formula is C19H21F7N2O3. The summed E-state index contributed by atoms with van der Waals surface area (Å²) in [5.74, 6) is -15.7. The molecule has 0 radical (unpaired) electrons. The Hall–Kier alpha value is -2.79. The minimum Gasteiger partial charge on any atom is -0.483 e. The molecule has 1 amide bonds. The lowest BCUT2D eigenvalue weighted by Crippen LogP contribution is -2.55. The predicted octanol–water partition coefficient (Wildman–Crippen LogP) is 4.42. The van der Waals surface area contributed by atoms with Crippen molar-refractivity contribution in [3.8, 4) is 5.75 Å². The van der Waals surface area contributed by atoms with Gasteiger partial charge in [-0.2, -0.15) is 30.7 Å². The highest BCUT2D eigenvalue weighted by atomic mass is 19.4. The molecule has 1 aromatic carbocycles. The van der Waals surface area contributed by atoms with E-state index >= 15 is 0 Å². The summed E-state index contributed by atoms with van der Waals surface area (Å²) in [7, 11) is 0. The summed E-state index contributed by atoms with van der Waals surface area (Å²) >= 11 is 0. The van der Waals surface area contributed by atoms with Crippen LogP contribution in [0.25, 0.3) is 0 Å². The number of alkyl halides is 7. The van der Waals surface area contributed by atoms with E-state index in [4.69, 9.17) is 4.74 Å². The predicted molar refractivity (Wildman–Crippen MR) is 96.8 cm³/mol. The highest BCUT2D eigenvalue weighted by molar-refractivity contribution is 5.97. The zero-order valence-electron chi connectivity index (χ0n) is 17.0. The van der Waals surface area contributed by atoms with E-state index in [1.807, 2.05) is 43.8 Å². The minimum absolute atomic E-state index is 0.0875. The summed E-state index contributed by atoms with van der Waals surface area (Å²) in [6.45, 7) is 5.99. The van der Waals surface area contributed by atoms with E-state index in [0.29, 0.717) is 5.75 Å². The molecule has 0 atom stereocenters. The normalized spacial score (nSPS) is 13.2. The number of carbonyl (C=O) groups is 2. The highest BCUT2D eigenvalue weighted by Crippen LogP contribution is 2.47. The molecule has 1 aromatic rings. The molecule has 0 aromatic heterocycles. The first kappa shape index (κ1) is 26.2. The maximum Gasteiger partial charge on any atom is 0.460 e. The van der Waals surface area contributed by atoms with Gasteiger partial charge in [-0.05, 0) is 37.0 Å². The second-order valence-electron chi connectivity index (χ2n) is 7.00. The quantitative estimate of drug-likeness (QED) is 0.327. The van der Waals surface area contributed by atoms with Crippen molar-refractivity contribution in [2.24, 2.45) is 0 Å². The number of ether oxygens (including phenoxy) is 1. The Bertz CT molecular complexity index is 849. The van der Waals surface area contributed by atoms with Gasteiger partial charge in [0.05, 0.1) is 0 Å². The van der Waals surface area contributed by atoms with Crippen LogP contribution in [0, 0.1) is 6.92 Å². The van der Waals surface area contributed by atoms with Crippen molar-refractivity contribution in [1.82, 2.24) is 10.9 Å². The standard InChI is InChI=1S/C19H21F7N2O3/c1-10(2)13-6-5-11(3)7-14(13)31-9-16(30)28-27-12(4)8-15(29)17(20,21)18(22,23)19(24,25)26/h5-8,10,27H,9H2,1-4H3,(H,28,30)/b12-8+. The van der Waals surface area contributed by atoms with E-state index in [2.05, 4.69) is 0 Å². The van der Waals surface area contributed by atoms with E-state index in [1.165, 1.54) is 0 Å². The third-order valence-corrected chi connectivity index (χ3v) is 3.96. The summed E-state index contributed by atoms with van der Waals surface area (Å²) in [5, 5.41) is 0. The van der Waals surface area contributed by atoms with Crippen LogP contribution in [0.5, 0.6) is 5.75 Å². The van der Waals surface area contributed by atoms with Crippen molar-refractivity contribution in [2.45, 2.75) is 51.6 Å². The fourth-order valence-corrected chi connectivity index (χ4v) is 2.25. The molecule has 0 fully saturated rings. The number of carbonyl (C=O) groups excluding carboxylic acids is 2. The molecule has 0 unspecified atom stereocenters. The van der Waals surface area contributed by atoms with Gasteiger partial charge in [0.15, 0.2) is 6.61 Å². The number of amides is 1. The van der Waals surface area contributed by atoms with Gasteiger partial charge in [0.2, 0.25) is 5.78 Å². The molecule has 0 heterocycles. The first-order chi connectivity index (χ1) is 14.0. The van der Waals surface area contributed by atoms with Crippen LogP contribution >= 0.6 is 0 Å². The number of aryl methyl sites for hydroxylation is 1. The molecule has 0 aliphatic heterocycles. The van der Waals surface area contributed by atoms with E-state index in [1.54, 1.807) is 6.07 Å². The molecule has 0 saturated heterocycles. The smallest absolute Gasteiger partial charge is 0.460 e. The number of hydrogen-bond donors (Lipinski definition) is 2. The van der Waals surface area contributed by atoms with Gasteiger partial charge in [0.25, 0.3) is 5.91 Å². The minimum atomic E-state index is -6.63. The lowest BCUT2D eigenvalue weighted by atomic mass is 10.0. The third-order valence-electron chi connectivity index (χ3n) is 3.96. The lowest BCUT2D eigenvalue weighted by Gasteiger charge is -2.26. The monoisotopic (exact) mass is 458 g/mol. The van der Waals surface area contributed by atoms with Gasteiger partial charge >= 0.3 is 18.0 Å². The second-order valence-corrected chi connectivity index (χ2v) is 7.00. The third kappa shape index (κ3) is 6.34. The van der Waals surface area contributed by atoms with Crippen LogP contribution in [-0.2, 0) is 9.59 Å². The largest absolute Gasteiger partial charge is 0.483 e. The summed E-state index contributed by atoms with van der Waals surface area (Å²) < 4.78 is 94.1. The molecule has 2 N–H and O–H groups in total. The molecule has 1 rings (SSSR count). The fourth-order valence-electron chi connectivity index (χ4n) is 2.25. The van der Waals surface area contributed by atoms with Crippen LogP contribution in [0.4, 0.5) is 30.7 Å². The van der Waals surface area contributed by atoms with E-state index in [9.17, 15) is 40.3 Å². The first-order valence-electron chi connectivity index (χ1n) is 8.84. The van der Waals surface area contributed by atoms with Crippen molar-refractivity contribution in [1.29, 1.82) is 0 Å². The molecule has 0 aliphatic carbocycles. The summed E-state index contributed by atoms with van der Waals surface area (Å²) in [4.78, 5) is 23.1. The zero-order valence-corrected chi connectivity index (χ0v) is 17.0. The van der Waals surface area contributed by atoms with E-state index in [-0.39, 0.29) is 12.0 Å². The Morgan fingerprint density at radius 2 is 1.65 bits per heavy atom. The van der Waals surface area contributed by atoms with Crippen LogP contribution in [0.2, 0.25) is 0 Å².